The summed E-state index contributed by atoms with van der Waals surface area (Å²) >= 11 is 0. The van der Waals surface area contributed by atoms with Gasteiger partial charge in [0.25, 0.3) is 0 Å². The predicted molar refractivity (Wildman–Crippen MR) is 92.9 cm³/mol. The van der Waals surface area contributed by atoms with E-state index >= 15 is 0 Å². The average Bonchev–Trinajstić information content (AvgIpc) is 3.22. The lowest BCUT2D eigenvalue weighted by Crippen LogP contribution is -2.49. The lowest BCUT2D eigenvalue weighted by Gasteiger charge is -2.37. The number of rotatable bonds is 6. The molecule has 7 heteroatoms. The van der Waals surface area contributed by atoms with Crippen LogP contribution in [0.3, 0.4) is 0 Å². The maximum atomic E-state index is 12.4. The van der Waals surface area contributed by atoms with E-state index in [1.54, 1.807) is 10.9 Å². The van der Waals surface area contributed by atoms with Crippen molar-refractivity contribution < 1.29 is 14.3 Å². The Bertz CT molecular complexity index is 593. The largest absolute Gasteiger partial charge is 0.441 e. The molecular formula is C18H28N4O3. The molecule has 0 radical (unpaired) electrons. The standard InChI is InChI=1S/C18H28N4O3/c1-3-5-15(2)22-14-18(25-17(22)24)7-12-20(13-8-18)16(23)6-11-21-10-4-9-19-21/h4,9-10,15H,3,5-8,11-14H2,1-2H3/t15-/m1/s1. The van der Waals surface area contributed by atoms with Gasteiger partial charge in [0, 0.05) is 57.3 Å². The second-order valence-electron chi connectivity index (χ2n) is 7.22. The fourth-order valence-corrected chi connectivity index (χ4v) is 3.79. The molecule has 7 nitrogen and oxygen atoms in total. The molecule has 138 valence electrons. The molecule has 2 aliphatic heterocycles. The molecule has 0 unspecified atom stereocenters. The summed E-state index contributed by atoms with van der Waals surface area (Å²) in [4.78, 5) is 28.4. The summed E-state index contributed by atoms with van der Waals surface area (Å²) in [7, 11) is 0. The Kier molecular flexibility index (Phi) is 5.30. The molecule has 1 atom stereocenters. The van der Waals surface area contributed by atoms with Crippen LogP contribution in [-0.2, 0) is 16.1 Å². The predicted octanol–water partition coefficient (Wildman–Crippen LogP) is 2.28. The molecule has 2 saturated heterocycles. The Morgan fingerprint density at radius 3 is 2.80 bits per heavy atom. The van der Waals surface area contributed by atoms with Crippen molar-refractivity contribution in [2.45, 2.75) is 64.1 Å². The lowest BCUT2D eigenvalue weighted by atomic mass is 9.90. The molecule has 2 fully saturated rings. The zero-order valence-electron chi connectivity index (χ0n) is 15.2. The van der Waals surface area contributed by atoms with Gasteiger partial charge in [0.2, 0.25) is 5.91 Å². The van der Waals surface area contributed by atoms with E-state index < -0.39 is 5.60 Å². The van der Waals surface area contributed by atoms with E-state index in [1.807, 2.05) is 22.1 Å². The second kappa shape index (κ2) is 7.45. The van der Waals surface area contributed by atoms with Crippen molar-refractivity contribution in [2.75, 3.05) is 19.6 Å². The molecule has 3 heterocycles. The third-order valence-electron chi connectivity index (χ3n) is 5.38. The first kappa shape index (κ1) is 17.8. The number of carbonyl (C=O) groups is 2. The first-order chi connectivity index (χ1) is 12.0. The van der Waals surface area contributed by atoms with Crippen LogP contribution < -0.4 is 0 Å². The maximum absolute atomic E-state index is 12.4. The van der Waals surface area contributed by atoms with Gasteiger partial charge in [0.05, 0.1) is 6.54 Å². The van der Waals surface area contributed by atoms with Crippen LogP contribution in [0.15, 0.2) is 18.5 Å². The quantitative estimate of drug-likeness (QED) is 0.791. The molecular weight excluding hydrogens is 320 g/mol. The van der Waals surface area contributed by atoms with E-state index in [2.05, 4.69) is 18.9 Å². The van der Waals surface area contributed by atoms with Gasteiger partial charge in [-0.1, -0.05) is 13.3 Å². The van der Waals surface area contributed by atoms with Gasteiger partial charge in [-0.05, 0) is 19.4 Å². The first-order valence-electron chi connectivity index (χ1n) is 9.28. The molecule has 2 amide bonds. The number of hydrogen-bond donors (Lipinski definition) is 0. The Labute approximate surface area is 148 Å². The van der Waals surface area contributed by atoms with Crippen LogP contribution in [0.2, 0.25) is 0 Å². The Hall–Kier alpha value is -2.05. The fraction of sp³-hybridized carbons (Fsp3) is 0.722. The van der Waals surface area contributed by atoms with Crippen LogP contribution in [0.1, 0.15) is 46.0 Å². The minimum absolute atomic E-state index is 0.144. The number of likely N-dealkylation sites (tertiary alicyclic amines) is 1. The van der Waals surface area contributed by atoms with E-state index in [9.17, 15) is 9.59 Å². The summed E-state index contributed by atoms with van der Waals surface area (Å²) in [5, 5.41) is 4.12. The number of amides is 2. The summed E-state index contributed by atoms with van der Waals surface area (Å²) in [6, 6.07) is 2.07. The number of hydrogen-bond acceptors (Lipinski definition) is 4. The van der Waals surface area contributed by atoms with Gasteiger partial charge in [-0.3, -0.25) is 9.48 Å². The smallest absolute Gasteiger partial charge is 0.410 e. The van der Waals surface area contributed by atoms with Gasteiger partial charge < -0.3 is 14.5 Å². The molecule has 1 aromatic heterocycles. The Balaban J connectivity index is 1.49. The second-order valence-corrected chi connectivity index (χ2v) is 7.22. The maximum Gasteiger partial charge on any atom is 0.410 e. The fourth-order valence-electron chi connectivity index (χ4n) is 3.79. The highest BCUT2D eigenvalue weighted by atomic mass is 16.6. The molecule has 0 bridgehead atoms. The van der Waals surface area contributed by atoms with E-state index in [4.69, 9.17) is 4.74 Å². The number of ether oxygens (including phenoxy) is 1. The topological polar surface area (TPSA) is 67.7 Å². The van der Waals surface area contributed by atoms with E-state index in [0.717, 1.165) is 25.7 Å². The third-order valence-corrected chi connectivity index (χ3v) is 5.38. The van der Waals surface area contributed by atoms with Crippen molar-refractivity contribution in [1.82, 2.24) is 19.6 Å². The summed E-state index contributed by atoms with van der Waals surface area (Å²) in [6.45, 7) is 6.77. The summed E-state index contributed by atoms with van der Waals surface area (Å²) in [6.07, 6.45) is 7.33. The molecule has 0 aromatic carbocycles. The van der Waals surface area contributed by atoms with Crippen molar-refractivity contribution in [3.8, 4) is 0 Å². The highest BCUT2D eigenvalue weighted by Crippen LogP contribution is 2.34. The van der Waals surface area contributed by atoms with Crippen LogP contribution in [0.4, 0.5) is 4.79 Å². The molecule has 1 aromatic rings. The number of carbonyl (C=O) groups excluding carboxylic acids is 2. The van der Waals surface area contributed by atoms with Gasteiger partial charge in [0.15, 0.2) is 0 Å². The number of aromatic nitrogens is 2. The molecule has 1 spiro atoms. The van der Waals surface area contributed by atoms with Gasteiger partial charge in [-0.15, -0.1) is 0 Å². The lowest BCUT2D eigenvalue weighted by molar-refractivity contribution is -0.134. The van der Waals surface area contributed by atoms with Crippen molar-refractivity contribution in [3.63, 3.8) is 0 Å². The van der Waals surface area contributed by atoms with Gasteiger partial charge in [0.1, 0.15) is 5.60 Å². The Morgan fingerprint density at radius 2 is 2.16 bits per heavy atom. The van der Waals surface area contributed by atoms with Crippen LogP contribution in [0.5, 0.6) is 0 Å². The van der Waals surface area contributed by atoms with Gasteiger partial charge >= 0.3 is 6.09 Å². The minimum atomic E-state index is -0.405. The van der Waals surface area contributed by atoms with Crippen LogP contribution in [0, 0.1) is 0 Å². The molecule has 0 N–H and O–H groups in total. The molecule has 0 aliphatic carbocycles. The van der Waals surface area contributed by atoms with Crippen LogP contribution in [-0.4, -0.2) is 62.9 Å². The zero-order chi connectivity index (χ0) is 17.9. The van der Waals surface area contributed by atoms with Crippen LogP contribution >= 0.6 is 0 Å². The first-order valence-corrected chi connectivity index (χ1v) is 9.28. The third kappa shape index (κ3) is 3.96. The van der Waals surface area contributed by atoms with E-state index in [-0.39, 0.29) is 18.0 Å². The summed E-state index contributed by atoms with van der Waals surface area (Å²) < 4.78 is 7.52. The van der Waals surface area contributed by atoms with E-state index in [1.165, 1.54) is 0 Å². The number of nitrogens with zero attached hydrogens (tertiary/aromatic N) is 4. The Morgan fingerprint density at radius 1 is 1.40 bits per heavy atom. The van der Waals surface area contributed by atoms with E-state index in [0.29, 0.717) is 32.6 Å². The average molecular weight is 348 g/mol. The zero-order valence-corrected chi connectivity index (χ0v) is 15.2. The van der Waals surface area contributed by atoms with Gasteiger partial charge in [-0.2, -0.15) is 5.10 Å². The van der Waals surface area contributed by atoms with Gasteiger partial charge in [-0.25, -0.2) is 4.79 Å². The van der Waals surface area contributed by atoms with Crippen molar-refractivity contribution >= 4 is 12.0 Å². The molecule has 25 heavy (non-hydrogen) atoms. The molecule has 2 aliphatic rings. The van der Waals surface area contributed by atoms with Crippen LogP contribution in [0.25, 0.3) is 0 Å². The minimum Gasteiger partial charge on any atom is -0.441 e. The van der Waals surface area contributed by atoms with Crippen molar-refractivity contribution in [1.29, 1.82) is 0 Å². The van der Waals surface area contributed by atoms with Crippen molar-refractivity contribution in [2.24, 2.45) is 0 Å². The molecule has 3 rings (SSSR count). The summed E-state index contributed by atoms with van der Waals surface area (Å²) in [5.41, 5.74) is -0.405. The normalized spacial score (nSPS) is 20.8. The molecule has 0 saturated carbocycles. The highest BCUT2D eigenvalue weighted by Gasteiger charge is 2.48. The highest BCUT2D eigenvalue weighted by molar-refractivity contribution is 5.76. The summed E-state index contributed by atoms with van der Waals surface area (Å²) in [5.74, 6) is 0.144. The SMILES string of the molecule is CCC[C@@H](C)N1CC2(CCN(C(=O)CCn3cccn3)CC2)OC1=O. The monoisotopic (exact) mass is 348 g/mol. The number of piperidine rings is 1. The number of aryl methyl sites for hydroxylation is 1. The van der Waals surface area contributed by atoms with Crippen molar-refractivity contribution in [3.05, 3.63) is 18.5 Å².